The molecule has 10 heavy (non-hydrogen) atoms. The Kier molecular flexibility index (Phi) is 1.66. The van der Waals surface area contributed by atoms with Crippen molar-refractivity contribution in [1.29, 1.82) is 0 Å². The van der Waals surface area contributed by atoms with E-state index in [2.05, 4.69) is 11.8 Å². The molecule has 2 heteroatoms. The Morgan fingerprint density at radius 3 is 3.30 bits per heavy atom. The molecular weight excluding hydrogens is 126 g/mol. The Morgan fingerprint density at radius 1 is 1.50 bits per heavy atom. The maximum Gasteiger partial charge on any atom is 0.0674 e. The van der Waals surface area contributed by atoms with Crippen LogP contribution in [0.5, 0.6) is 0 Å². The standard InChI is InChI=1S/C8H15NO/c1-7-5-9-4-2-3-8(9)6-10-7/h7-8H,2-6H2,1H3/t7-,8?/m1/s1. The molecule has 0 saturated carbocycles. The molecule has 2 rings (SSSR count). The second-order valence-corrected chi connectivity index (χ2v) is 3.43. The third-order valence-electron chi connectivity index (χ3n) is 2.56. The van der Waals surface area contributed by atoms with Crippen LogP contribution >= 0.6 is 0 Å². The van der Waals surface area contributed by atoms with Crippen LogP contribution in [-0.4, -0.2) is 36.7 Å². The molecule has 0 radical (unpaired) electrons. The van der Waals surface area contributed by atoms with E-state index in [0.717, 1.165) is 19.2 Å². The summed E-state index contributed by atoms with van der Waals surface area (Å²) in [4.78, 5) is 2.56. The molecule has 2 atom stereocenters. The second-order valence-electron chi connectivity index (χ2n) is 3.43. The summed E-state index contributed by atoms with van der Waals surface area (Å²) in [6, 6.07) is 0.760. The lowest BCUT2D eigenvalue weighted by molar-refractivity contribution is -0.0389. The number of ether oxygens (including phenoxy) is 1. The summed E-state index contributed by atoms with van der Waals surface area (Å²) in [6.07, 6.45) is 3.20. The third-order valence-corrected chi connectivity index (χ3v) is 2.56. The highest BCUT2D eigenvalue weighted by atomic mass is 16.5. The first kappa shape index (κ1) is 6.62. The molecule has 1 unspecified atom stereocenters. The number of nitrogens with zero attached hydrogens (tertiary/aromatic N) is 1. The van der Waals surface area contributed by atoms with Crippen molar-refractivity contribution in [3.05, 3.63) is 0 Å². The van der Waals surface area contributed by atoms with Gasteiger partial charge in [0.1, 0.15) is 0 Å². The average Bonchev–Trinajstić information content (AvgIpc) is 2.33. The second kappa shape index (κ2) is 2.51. The number of hydrogen-bond donors (Lipinski definition) is 0. The van der Waals surface area contributed by atoms with Gasteiger partial charge in [-0.3, -0.25) is 4.90 Å². The number of rotatable bonds is 0. The molecule has 0 spiro atoms. The van der Waals surface area contributed by atoms with E-state index in [1.807, 2.05) is 0 Å². The van der Waals surface area contributed by atoms with Crippen LogP contribution < -0.4 is 0 Å². The van der Waals surface area contributed by atoms with E-state index >= 15 is 0 Å². The van der Waals surface area contributed by atoms with E-state index in [9.17, 15) is 0 Å². The highest BCUT2D eigenvalue weighted by molar-refractivity contribution is 4.83. The van der Waals surface area contributed by atoms with Gasteiger partial charge in [0.15, 0.2) is 0 Å². The maximum absolute atomic E-state index is 5.55. The summed E-state index contributed by atoms with van der Waals surface area (Å²) in [5.41, 5.74) is 0. The lowest BCUT2D eigenvalue weighted by Crippen LogP contribution is -2.44. The molecule has 0 aromatic carbocycles. The zero-order valence-electron chi connectivity index (χ0n) is 6.55. The van der Waals surface area contributed by atoms with Crippen LogP contribution in [0.2, 0.25) is 0 Å². The maximum atomic E-state index is 5.55. The summed E-state index contributed by atoms with van der Waals surface area (Å²) < 4.78 is 5.55. The summed E-state index contributed by atoms with van der Waals surface area (Å²) in [7, 11) is 0. The molecule has 0 bridgehead atoms. The summed E-state index contributed by atoms with van der Waals surface area (Å²) >= 11 is 0. The van der Waals surface area contributed by atoms with Gasteiger partial charge in [0.05, 0.1) is 12.7 Å². The Labute approximate surface area is 62.2 Å². The number of fused-ring (bicyclic) bond motifs is 1. The monoisotopic (exact) mass is 141 g/mol. The molecule has 0 aliphatic carbocycles. The molecule has 2 fully saturated rings. The lowest BCUT2D eigenvalue weighted by Gasteiger charge is -2.33. The molecule has 0 amide bonds. The fraction of sp³-hybridized carbons (Fsp3) is 1.00. The first-order valence-corrected chi connectivity index (χ1v) is 4.22. The molecule has 2 saturated heterocycles. The summed E-state index contributed by atoms with van der Waals surface area (Å²) in [5, 5.41) is 0. The van der Waals surface area contributed by atoms with Crippen molar-refractivity contribution in [2.45, 2.75) is 31.9 Å². The predicted octanol–water partition coefficient (Wildman–Crippen LogP) is 0.869. The molecule has 0 N–H and O–H groups in total. The van der Waals surface area contributed by atoms with E-state index in [-0.39, 0.29) is 0 Å². The van der Waals surface area contributed by atoms with Gasteiger partial charge >= 0.3 is 0 Å². The molecule has 2 aliphatic heterocycles. The van der Waals surface area contributed by atoms with Gasteiger partial charge in [0.25, 0.3) is 0 Å². The smallest absolute Gasteiger partial charge is 0.0674 e. The van der Waals surface area contributed by atoms with Gasteiger partial charge in [-0.05, 0) is 26.3 Å². The number of hydrogen-bond acceptors (Lipinski definition) is 2. The molecule has 0 aromatic rings. The average molecular weight is 141 g/mol. The lowest BCUT2D eigenvalue weighted by atomic mass is 10.2. The van der Waals surface area contributed by atoms with E-state index in [1.54, 1.807) is 0 Å². The van der Waals surface area contributed by atoms with Crippen molar-refractivity contribution in [3.8, 4) is 0 Å². The van der Waals surface area contributed by atoms with Crippen molar-refractivity contribution in [3.63, 3.8) is 0 Å². The van der Waals surface area contributed by atoms with Crippen LogP contribution in [0.3, 0.4) is 0 Å². The van der Waals surface area contributed by atoms with E-state index in [0.29, 0.717) is 6.10 Å². The molecule has 58 valence electrons. The normalized spacial score (nSPS) is 41.7. The first-order chi connectivity index (χ1) is 4.86. The van der Waals surface area contributed by atoms with Gasteiger partial charge in [-0.25, -0.2) is 0 Å². The first-order valence-electron chi connectivity index (χ1n) is 4.22. The minimum atomic E-state index is 0.467. The highest BCUT2D eigenvalue weighted by Crippen LogP contribution is 2.21. The zero-order chi connectivity index (χ0) is 6.97. The van der Waals surface area contributed by atoms with E-state index in [1.165, 1.54) is 19.4 Å². The third kappa shape index (κ3) is 1.06. The van der Waals surface area contributed by atoms with Crippen LogP contribution in [0.25, 0.3) is 0 Å². The van der Waals surface area contributed by atoms with Gasteiger partial charge in [-0.15, -0.1) is 0 Å². The molecule has 2 nitrogen and oxygen atoms in total. The molecular formula is C8H15NO. The highest BCUT2D eigenvalue weighted by Gasteiger charge is 2.29. The summed E-state index contributed by atoms with van der Waals surface area (Å²) in [6.45, 7) is 5.60. The van der Waals surface area contributed by atoms with Gasteiger partial charge in [-0.1, -0.05) is 0 Å². The molecule has 0 aromatic heterocycles. The topological polar surface area (TPSA) is 12.5 Å². The zero-order valence-corrected chi connectivity index (χ0v) is 6.55. The Hall–Kier alpha value is -0.0800. The van der Waals surface area contributed by atoms with Crippen molar-refractivity contribution in [1.82, 2.24) is 4.90 Å². The van der Waals surface area contributed by atoms with E-state index in [4.69, 9.17) is 4.74 Å². The van der Waals surface area contributed by atoms with Crippen molar-refractivity contribution < 1.29 is 4.74 Å². The van der Waals surface area contributed by atoms with Gasteiger partial charge in [0, 0.05) is 12.6 Å². The van der Waals surface area contributed by atoms with Crippen LogP contribution in [0.1, 0.15) is 19.8 Å². The quantitative estimate of drug-likeness (QED) is 0.496. The minimum Gasteiger partial charge on any atom is -0.376 e. The van der Waals surface area contributed by atoms with Gasteiger partial charge < -0.3 is 4.74 Å². The van der Waals surface area contributed by atoms with Gasteiger partial charge in [0.2, 0.25) is 0 Å². The van der Waals surface area contributed by atoms with Crippen LogP contribution in [0.15, 0.2) is 0 Å². The number of morpholine rings is 1. The van der Waals surface area contributed by atoms with Crippen LogP contribution in [0, 0.1) is 0 Å². The molecule has 2 heterocycles. The largest absolute Gasteiger partial charge is 0.376 e. The van der Waals surface area contributed by atoms with Crippen molar-refractivity contribution in [2.24, 2.45) is 0 Å². The van der Waals surface area contributed by atoms with Crippen molar-refractivity contribution >= 4 is 0 Å². The fourth-order valence-corrected chi connectivity index (χ4v) is 1.98. The Morgan fingerprint density at radius 2 is 2.40 bits per heavy atom. The van der Waals surface area contributed by atoms with Crippen LogP contribution in [-0.2, 0) is 4.74 Å². The van der Waals surface area contributed by atoms with E-state index < -0.39 is 0 Å². The SMILES string of the molecule is C[C@@H]1CN2CCCC2CO1. The minimum absolute atomic E-state index is 0.467. The Balaban J connectivity index is 1.96. The Bertz CT molecular complexity index is 126. The molecule has 2 aliphatic rings. The predicted molar refractivity (Wildman–Crippen MR) is 40.0 cm³/mol. The summed E-state index contributed by atoms with van der Waals surface area (Å²) in [5.74, 6) is 0. The van der Waals surface area contributed by atoms with Crippen molar-refractivity contribution in [2.75, 3.05) is 19.7 Å². The van der Waals surface area contributed by atoms with Gasteiger partial charge in [-0.2, -0.15) is 0 Å². The fourth-order valence-electron chi connectivity index (χ4n) is 1.98. The van der Waals surface area contributed by atoms with Crippen LogP contribution in [0.4, 0.5) is 0 Å².